The molecule has 1 nitrogen and oxygen atoms in total. The molecule has 0 aromatic carbocycles. The zero-order valence-electron chi connectivity index (χ0n) is 10.3. The lowest BCUT2D eigenvalue weighted by Crippen LogP contribution is -2.47. The first-order valence-corrected chi connectivity index (χ1v) is 7.20. The van der Waals surface area contributed by atoms with Crippen LogP contribution in [0.3, 0.4) is 0 Å². The third kappa shape index (κ3) is 1.59. The smallest absolute Gasteiger partial charge is 0.0183 e. The average Bonchev–Trinajstić information content (AvgIpc) is 2.56. The first kappa shape index (κ1) is 9.99. The van der Waals surface area contributed by atoms with Gasteiger partial charge in [-0.1, -0.05) is 12.2 Å². The van der Waals surface area contributed by atoms with Crippen molar-refractivity contribution < 1.29 is 0 Å². The predicted molar refractivity (Wildman–Crippen MR) is 70.0 cm³/mol. The van der Waals surface area contributed by atoms with Crippen molar-refractivity contribution in [1.29, 1.82) is 0 Å². The molecule has 0 unspecified atom stereocenters. The van der Waals surface area contributed by atoms with Crippen molar-refractivity contribution in [3.8, 4) is 0 Å². The highest BCUT2D eigenvalue weighted by molar-refractivity contribution is 5.25. The predicted octanol–water partition coefficient (Wildman–Crippen LogP) is 3.62. The van der Waals surface area contributed by atoms with Crippen molar-refractivity contribution in [2.75, 3.05) is 0 Å². The van der Waals surface area contributed by atoms with E-state index in [-0.39, 0.29) is 0 Å². The molecule has 0 spiro atoms. The molecule has 4 bridgehead atoms. The van der Waals surface area contributed by atoms with Crippen molar-refractivity contribution in [1.82, 2.24) is 5.32 Å². The van der Waals surface area contributed by atoms with Gasteiger partial charge >= 0.3 is 0 Å². The van der Waals surface area contributed by atoms with Crippen LogP contribution in [0.5, 0.6) is 0 Å². The molecule has 0 saturated heterocycles. The zero-order chi connectivity index (χ0) is 11.2. The van der Waals surface area contributed by atoms with E-state index in [4.69, 9.17) is 0 Å². The minimum Gasteiger partial charge on any atom is -0.365 e. The van der Waals surface area contributed by atoms with E-state index in [9.17, 15) is 0 Å². The Balaban J connectivity index is 1.64. The molecule has 5 rings (SSSR count). The highest BCUT2D eigenvalue weighted by atomic mass is 14.9. The highest BCUT2D eigenvalue weighted by Gasteiger charge is 2.49. The summed E-state index contributed by atoms with van der Waals surface area (Å²) in [5, 5.41) is 3.53. The minimum absolute atomic E-state index is 0.829. The van der Waals surface area contributed by atoms with Gasteiger partial charge in [0, 0.05) is 17.8 Å². The Morgan fingerprint density at radius 3 is 2.24 bits per heavy atom. The molecule has 17 heavy (non-hydrogen) atoms. The van der Waals surface area contributed by atoms with E-state index in [1.807, 2.05) is 0 Å². The Morgan fingerprint density at radius 2 is 1.53 bits per heavy atom. The summed E-state index contributed by atoms with van der Waals surface area (Å²) in [6.07, 6.45) is 18.4. The maximum absolute atomic E-state index is 3.53. The largest absolute Gasteiger partial charge is 0.365 e. The van der Waals surface area contributed by atoms with E-state index in [1.54, 1.807) is 6.42 Å². The summed E-state index contributed by atoms with van der Waals surface area (Å²) >= 11 is 0. The second-order valence-corrected chi connectivity index (χ2v) is 6.47. The van der Waals surface area contributed by atoms with Gasteiger partial charge in [-0.3, -0.25) is 0 Å². The van der Waals surface area contributed by atoms with Gasteiger partial charge in [-0.25, -0.2) is 0 Å². The van der Waals surface area contributed by atoms with Crippen LogP contribution in [0.1, 0.15) is 32.1 Å². The van der Waals surface area contributed by atoms with Crippen molar-refractivity contribution in [2.45, 2.75) is 32.1 Å². The van der Waals surface area contributed by atoms with Crippen molar-refractivity contribution >= 4 is 0 Å². The van der Waals surface area contributed by atoms with Crippen LogP contribution < -0.4 is 5.32 Å². The monoisotopic (exact) mass is 227 g/mol. The maximum atomic E-state index is 3.53. The van der Waals surface area contributed by atoms with Crippen LogP contribution >= 0.6 is 0 Å². The van der Waals surface area contributed by atoms with Crippen LogP contribution in [0, 0.1) is 29.6 Å². The summed E-state index contributed by atoms with van der Waals surface area (Å²) in [5.41, 5.74) is 1.49. The van der Waals surface area contributed by atoms with E-state index in [2.05, 4.69) is 35.8 Å². The van der Waals surface area contributed by atoms with Crippen LogP contribution in [0.4, 0.5) is 0 Å². The number of rotatable bonds is 1. The fraction of sp³-hybridized carbons (Fsp3) is 0.625. The summed E-state index contributed by atoms with van der Waals surface area (Å²) < 4.78 is 0. The molecule has 1 aliphatic heterocycles. The summed E-state index contributed by atoms with van der Waals surface area (Å²) in [7, 11) is 0. The molecule has 4 fully saturated rings. The lowest BCUT2D eigenvalue weighted by Gasteiger charge is -2.55. The maximum Gasteiger partial charge on any atom is 0.0183 e. The summed E-state index contributed by atoms with van der Waals surface area (Å²) in [4.78, 5) is 0. The molecule has 0 amide bonds. The molecular formula is C16H21N. The number of nitrogens with one attached hydrogen (secondary N) is 1. The Bertz CT molecular complexity index is 374. The van der Waals surface area contributed by atoms with E-state index < -0.39 is 0 Å². The normalized spacial score (nSPS) is 46.6. The molecule has 1 N–H and O–H groups in total. The van der Waals surface area contributed by atoms with E-state index in [0.29, 0.717) is 0 Å². The second-order valence-electron chi connectivity index (χ2n) is 6.47. The molecule has 0 aromatic heterocycles. The fourth-order valence-electron chi connectivity index (χ4n) is 5.11. The van der Waals surface area contributed by atoms with Crippen molar-refractivity contribution in [3.05, 3.63) is 36.2 Å². The van der Waals surface area contributed by atoms with Gasteiger partial charge < -0.3 is 5.32 Å². The molecule has 1 heterocycles. The SMILES string of the molecule is C1=CC=C(C2C3CC4CC(C3)CC2C4)NC=C1. The first-order chi connectivity index (χ1) is 8.40. The van der Waals surface area contributed by atoms with Gasteiger partial charge in [0.2, 0.25) is 0 Å². The molecule has 5 aliphatic rings. The fourth-order valence-corrected chi connectivity index (χ4v) is 5.11. The third-order valence-corrected chi connectivity index (χ3v) is 5.43. The van der Waals surface area contributed by atoms with Gasteiger partial charge in [0.15, 0.2) is 0 Å². The standard InChI is InChI=1S/C16H21N/c1-2-4-15(17-5-3-1)16-13-7-11-6-12(9-13)10-14(16)8-11/h1-5,11-14,16-17H,6-10H2. The Kier molecular flexibility index (Phi) is 2.21. The molecule has 4 saturated carbocycles. The second kappa shape index (κ2) is 3.76. The van der Waals surface area contributed by atoms with Gasteiger partial charge in [0.25, 0.3) is 0 Å². The summed E-state index contributed by atoms with van der Waals surface area (Å²) in [5.74, 6) is 4.93. The lowest BCUT2D eigenvalue weighted by molar-refractivity contribution is -0.0225. The number of allylic oxidation sites excluding steroid dienone is 5. The van der Waals surface area contributed by atoms with Crippen LogP contribution in [0.25, 0.3) is 0 Å². The van der Waals surface area contributed by atoms with Crippen LogP contribution in [-0.4, -0.2) is 0 Å². The molecule has 4 aliphatic carbocycles. The molecule has 0 radical (unpaired) electrons. The van der Waals surface area contributed by atoms with Crippen LogP contribution in [-0.2, 0) is 0 Å². The van der Waals surface area contributed by atoms with Crippen molar-refractivity contribution in [2.24, 2.45) is 29.6 Å². The minimum atomic E-state index is 0.829. The lowest BCUT2D eigenvalue weighted by atomic mass is 9.51. The highest BCUT2D eigenvalue weighted by Crippen LogP contribution is 2.58. The molecule has 0 aromatic rings. The summed E-state index contributed by atoms with van der Waals surface area (Å²) in [6, 6.07) is 0. The van der Waals surface area contributed by atoms with E-state index in [1.165, 1.54) is 31.4 Å². The average molecular weight is 227 g/mol. The van der Waals surface area contributed by atoms with Crippen LogP contribution in [0.15, 0.2) is 36.2 Å². The Labute approximate surface area is 104 Å². The number of hydrogen-bond acceptors (Lipinski definition) is 1. The topological polar surface area (TPSA) is 12.0 Å². The van der Waals surface area contributed by atoms with Gasteiger partial charge in [0.1, 0.15) is 0 Å². The van der Waals surface area contributed by atoms with Gasteiger partial charge in [-0.05, 0) is 67.9 Å². The Hall–Kier alpha value is -0.980. The molecule has 1 heteroatoms. The first-order valence-electron chi connectivity index (χ1n) is 7.20. The molecule has 90 valence electrons. The Morgan fingerprint density at radius 1 is 0.824 bits per heavy atom. The van der Waals surface area contributed by atoms with Crippen molar-refractivity contribution in [3.63, 3.8) is 0 Å². The van der Waals surface area contributed by atoms with Gasteiger partial charge in [-0.15, -0.1) is 0 Å². The molecular weight excluding hydrogens is 206 g/mol. The van der Waals surface area contributed by atoms with E-state index in [0.717, 1.165) is 29.6 Å². The quantitative estimate of drug-likeness (QED) is 0.721. The van der Waals surface area contributed by atoms with Crippen LogP contribution in [0.2, 0.25) is 0 Å². The van der Waals surface area contributed by atoms with E-state index >= 15 is 0 Å². The van der Waals surface area contributed by atoms with Gasteiger partial charge in [0.05, 0.1) is 0 Å². The van der Waals surface area contributed by atoms with Gasteiger partial charge in [-0.2, -0.15) is 0 Å². The summed E-state index contributed by atoms with van der Waals surface area (Å²) in [6.45, 7) is 0. The molecule has 0 atom stereocenters. The number of hydrogen-bond donors (Lipinski definition) is 1. The zero-order valence-corrected chi connectivity index (χ0v) is 10.3. The third-order valence-electron chi connectivity index (χ3n) is 5.43.